The van der Waals surface area contributed by atoms with Gasteiger partial charge in [0.1, 0.15) is 11.9 Å². The first-order valence-corrected chi connectivity index (χ1v) is 8.91. The molecular weight excluding hydrogens is 327 g/mol. The van der Waals surface area contributed by atoms with E-state index in [2.05, 4.69) is 10.6 Å². The summed E-state index contributed by atoms with van der Waals surface area (Å²) in [5, 5.41) is 5.26. The number of thioether (sulfide) groups is 1. The molecule has 2 amide bonds. The van der Waals surface area contributed by atoms with Crippen LogP contribution in [0.15, 0.2) is 54.6 Å². The zero-order chi connectivity index (χ0) is 17.4. The molecule has 1 atom stereocenters. The number of anilines is 1. The van der Waals surface area contributed by atoms with Crippen molar-refractivity contribution in [1.82, 2.24) is 5.32 Å². The van der Waals surface area contributed by atoms with Gasteiger partial charge >= 0.3 is 0 Å². The molecule has 0 aliphatic rings. The van der Waals surface area contributed by atoms with Gasteiger partial charge in [0.15, 0.2) is 0 Å². The topological polar surface area (TPSA) is 58.2 Å². The third kappa shape index (κ3) is 5.09. The molecule has 0 saturated heterocycles. The number of nitrogens with one attached hydrogen (secondary N) is 2. The number of benzene rings is 2. The molecule has 0 fully saturated rings. The van der Waals surface area contributed by atoms with Crippen LogP contribution in [0.3, 0.4) is 0 Å². The number of para-hydroxylation sites is 1. The molecule has 2 aromatic rings. The largest absolute Gasteiger partial charge is 0.340 e. The number of hydrogen-bond acceptors (Lipinski definition) is 3. The summed E-state index contributed by atoms with van der Waals surface area (Å²) in [6.07, 6.45) is 2.38. The van der Waals surface area contributed by atoms with Crippen molar-refractivity contribution in [1.29, 1.82) is 0 Å². The second-order valence-electron chi connectivity index (χ2n) is 5.14. The van der Waals surface area contributed by atoms with Crippen molar-refractivity contribution in [2.75, 3.05) is 17.3 Å². The summed E-state index contributed by atoms with van der Waals surface area (Å²) in [7, 11) is 0. The lowest BCUT2D eigenvalue weighted by Gasteiger charge is -2.18. The zero-order valence-corrected chi connectivity index (χ0v) is 14.1. The van der Waals surface area contributed by atoms with Crippen LogP contribution in [0.25, 0.3) is 0 Å². The van der Waals surface area contributed by atoms with Crippen molar-refractivity contribution in [3.05, 3.63) is 66.0 Å². The lowest BCUT2D eigenvalue weighted by Crippen LogP contribution is -2.44. The zero-order valence-electron chi connectivity index (χ0n) is 13.3. The Morgan fingerprint density at radius 3 is 2.42 bits per heavy atom. The monoisotopic (exact) mass is 346 g/mol. The van der Waals surface area contributed by atoms with Gasteiger partial charge < -0.3 is 10.6 Å². The van der Waals surface area contributed by atoms with Gasteiger partial charge in [-0.1, -0.05) is 30.3 Å². The molecule has 0 heterocycles. The van der Waals surface area contributed by atoms with Crippen LogP contribution in [0.5, 0.6) is 0 Å². The van der Waals surface area contributed by atoms with Crippen LogP contribution in [-0.4, -0.2) is 29.9 Å². The number of halogens is 1. The molecule has 2 rings (SSSR count). The fourth-order valence-electron chi connectivity index (χ4n) is 2.12. The Morgan fingerprint density at radius 2 is 1.75 bits per heavy atom. The minimum Gasteiger partial charge on any atom is -0.340 e. The first-order chi connectivity index (χ1) is 11.6. The second kappa shape index (κ2) is 9.08. The van der Waals surface area contributed by atoms with Crippen LogP contribution >= 0.6 is 11.8 Å². The maximum atomic E-state index is 13.7. The van der Waals surface area contributed by atoms with Crippen LogP contribution in [0.1, 0.15) is 16.8 Å². The van der Waals surface area contributed by atoms with E-state index < -0.39 is 17.8 Å². The van der Waals surface area contributed by atoms with E-state index in [1.807, 2.05) is 12.3 Å². The fourth-order valence-corrected chi connectivity index (χ4v) is 2.59. The normalized spacial score (nSPS) is 11.6. The highest BCUT2D eigenvalue weighted by Gasteiger charge is 2.22. The molecule has 2 aromatic carbocycles. The number of hydrogen-bond donors (Lipinski definition) is 2. The summed E-state index contributed by atoms with van der Waals surface area (Å²) in [5.74, 6) is -0.572. The van der Waals surface area contributed by atoms with Gasteiger partial charge in [-0.25, -0.2) is 4.39 Å². The van der Waals surface area contributed by atoms with E-state index in [0.29, 0.717) is 17.7 Å². The summed E-state index contributed by atoms with van der Waals surface area (Å²) in [6.45, 7) is 0. The summed E-state index contributed by atoms with van der Waals surface area (Å²) in [5.41, 5.74) is 0.580. The second-order valence-corrected chi connectivity index (χ2v) is 6.13. The highest BCUT2D eigenvalue weighted by Crippen LogP contribution is 2.14. The van der Waals surface area contributed by atoms with Crippen molar-refractivity contribution in [3.8, 4) is 0 Å². The molecule has 2 N–H and O–H groups in total. The molecule has 24 heavy (non-hydrogen) atoms. The lowest BCUT2D eigenvalue weighted by atomic mass is 10.1. The van der Waals surface area contributed by atoms with Gasteiger partial charge in [-0.3, -0.25) is 9.59 Å². The maximum Gasteiger partial charge on any atom is 0.251 e. The van der Waals surface area contributed by atoms with Gasteiger partial charge in [0, 0.05) is 5.56 Å². The quantitative estimate of drug-likeness (QED) is 0.809. The van der Waals surface area contributed by atoms with Gasteiger partial charge in [-0.05, 0) is 42.7 Å². The first kappa shape index (κ1) is 18.0. The van der Waals surface area contributed by atoms with E-state index in [1.165, 1.54) is 12.1 Å². The number of amides is 2. The number of carbonyl (C=O) groups excluding carboxylic acids is 2. The van der Waals surface area contributed by atoms with Crippen molar-refractivity contribution in [2.45, 2.75) is 12.5 Å². The Hall–Kier alpha value is -2.34. The van der Waals surface area contributed by atoms with Crippen LogP contribution < -0.4 is 10.6 Å². The minimum atomic E-state index is -0.732. The molecule has 1 unspecified atom stereocenters. The smallest absolute Gasteiger partial charge is 0.251 e. The Labute approximate surface area is 144 Å². The van der Waals surface area contributed by atoms with E-state index in [4.69, 9.17) is 0 Å². The van der Waals surface area contributed by atoms with Gasteiger partial charge in [0.05, 0.1) is 5.69 Å². The van der Waals surface area contributed by atoms with E-state index in [0.717, 1.165) is 0 Å². The van der Waals surface area contributed by atoms with Gasteiger partial charge in [-0.15, -0.1) is 0 Å². The van der Waals surface area contributed by atoms with Gasteiger partial charge in [-0.2, -0.15) is 11.8 Å². The average Bonchev–Trinajstić information content (AvgIpc) is 2.61. The predicted molar refractivity (Wildman–Crippen MR) is 95.7 cm³/mol. The van der Waals surface area contributed by atoms with Crippen LogP contribution in [-0.2, 0) is 4.79 Å². The van der Waals surface area contributed by atoms with Crippen molar-refractivity contribution in [2.24, 2.45) is 0 Å². The van der Waals surface area contributed by atoms with Crippen molar-refractivity contribution < 1.29 is 14.0 Å². The molecule has 126 valence electrons. The first-order valence-electron chi connectivity index (χ1n) is 7.52. The Bertz CT molecular complexity index is 694. The molecule has 6 heteroatoms. The highest BCUT2D eigenvalue weighted by molar-refractivity contribution is 7.98. The standard InChI is InChI=1S/C18H19FN2O2S/c1-24-12-11-16(21-17(22)13-7-3-2-4-8-13)18(23)20-15-10-6-5-9-14(15)19/h2-10,16H,11-12H2,1H3,(H,20,23)(H,21,22). The summed E-state index contributed by atoms with van der Waals surface area (Å²) < 4.78 is 13.7. The third-order valence-corrected chi connectivity index (χ3v) is 4.04. The lowest BCUT2D eigenvalue weighted by molar-refractivity contribution is -0.118. The molecule has 0 aromatic heterocycles. The van der Waals surface area contributed by atoms with E-state index in [1.54, 1.807) is 48.2 Å². The maximum absolute atomic E-state index is 13.7. The summed E-state index contributed by atoms with van der Waals surface area (Å²) in [4.78, 5) is 24.7. The Balaban J connectivity index is 2.08. The molecule has 0 bridgehead atoms. The Morgan fingerprint density at radius 1 is 1.08 bits per heavy atom. The summed E-state index contributed by atoms with van der Waals surface area (Å²) in [6, 6.07) is 13.9. The van der Waals surface area contributed by atoms with E-state index >= 15 is 0 Å². The molecule has 0 spiro atoms. The number of rotatable bonds is 7. The average molecular weight is 346 g/mol. The molecule has 0 radical (unpaired) electrons. The van der Waals surface area contributed by atoms with E-state index in [-0.39, 0.29) is 11.6 Å². The fraction of sp³-hybridized carbons (Fsp3) is 0.222. The third-order valence-electron chi connectivity index (χ3n) is 3.40. The molecule has 0 aliphatic carbocycles. The predicted octanol–water partition coefficient (Wildman–Crippen LogP) is 3.32. The van der Waals surface area contributed by atoms with Gasteiger partial charge in [0.25, 0.3) is 5.91 Å². The van der Waals surface area contributed by atoms with E-state index in [9.17, 15) is 14.0 Å². The van der Waals surface area contributed by atoms with Crippen LogP contribution in [0, 0.1) is 5.82 Å². The summed E-state index contributed by atoms with van der Waals surface area (Å²) >= 11 is 1.57. The Kier molecular flexibility index (Phi) is 6.81. The highest BCUT2D eigenvalue weighted by atomic mass is 32.2. The van der Waals surface area contributed by atoms with Crippen LogP contribution in [0.2, 0.25) is 0 Å². The number of carbonyl (C=O) groups is 2. The van der Waals surface area contributed by atoms with Crippen molar-refractivity contribution >= 4 is 29.3 Å². The SMILES string of the molecule is CSCCC(NC(=O)c1ccccc1)C(=O)Nc1ccccc1F. The molecular formula is C18H19FN2O2S. The van der Waals surface area contributed by atoms with Gasteiger partial charge in [0.2, 0.25) is 5.91 Å². The van der Waals surface area contributed by atoms with Crippen molar-refractivity contribution in [3.63, 3.8) is 0 Å². The molecule has 0 saturated carbocycles. The molecule has 4 nitrogen and oxygen atoms in total. The minimum absolute atomic E-state index is 0.102. The molecule has 0 aliphatic heterocycles. The van der Waals surface area contributed by atoms with Crippen LogP contribution in [0.4, 0.5) is 10.1 Å².